The summed E-state index contributed by atoms with van der Waals surface area (Å²) in [5, 5.41) is 3.86. The maximum Gasteiger partial charge on any atom is 0.410 e. The number of rotatable bonds is 2. The van der Waals surface area contributed by atoms with Crippen LogP contribution in [-0.4, -0.2) is 34.8 Å². The minimum atomic E-state index is -0.304. The van der Waals surface area contributed by atoms with Crippen LogP contribution in [0.15, 0.2) is 35.5 Å². The molecule has 0 aromatic heterocycles. The Morgan fingerprint density at radius 3 is 2.95 bits per heavy atom. The molecule has 2 atom stereocenters. The molecule has 3 rings (SSSR count). The van der Waals surface area contributed by atoms with E-state index in [4.69, 9.17) is 9.57 Å². The summed E-state index contributed by atoms with van der Waals surface area (Å²) in [6.07, 6.45) is -0.346. The fourth-order valence-corrected chi connectivity index (χ4v) is 2.78. The van der Waals surface area contributed by atoms with Crippen molar-refractivity contribution in [1.82, 2.24) is 4.90 Å². The van der Waals surface area contributed by atoms with E-state index in [0.29, 0.717) is 19.7 Å². The topological polar surface area (TPSA) is 51.1 Å². The normalized spacial score (nSPS) is 24.7. The van der Waals surface area contributed by atoms with Crippen LogP contribution in [0.5, 0.6) is 0 Å². The highest BCUT2D eigenvalue weighted by Gasteiger charge is 2.43. The van der Waals surface area contributed by atoms with Crippen molar-refractivity contribution in [3.05, 3.63) is 35.9 Å². The Hall–Kier alpha value is -1.56. The molecule has 1 saturated heterocycles. The molecule has 0 spiro atoms. The molecule has 5 nitrogen and oxygen atoms in total. The fourth-order valence-electron chi connectivity index (χ4n) is 2.25. The average Bonchev–Trinajstić information content (AvgIpc) is 3.00. The minimum Gasteiger partial charge on any atom is -0.445 e. The van der Waals surface area contributed by atoms with Gasteiger partial charge in [-0.2, -0.15) is 0 Å². The van der Waals surface area contributed by atoms with E-state index < -0.39 is 0 Å². The number of fused-ring (bicyclic) bond motifs is 1. The van der Waals surface area contributed by atoms with E-state index in [1.165, 1.54) is 0 Å². The van der Waals surface area contributed by atoms with Crippen LogP contribution in [0.1, 0.15) is 5.56 Å². The molecule has 2 aliphatic heterocycles. The number of carbonyl (C=O) groups excluding carboxylic acids is 1. The quantitative estimate of drug-likeness (QED) is 0.839. The summed E-state index contributed by atoms with van der Waals surface area (Å²) in [7, 11) is 0. The second-order valence-corrected chi connectivity index (χ2v) is 5.42. The molecule has 0 aliphatic carbocycles. The summed E-state index contributed by atoms with van der Waals surface area (Å²) in [4.78, 5) is 18.8. The number of oxime groups is 1. The van der Waals surface area contributed by atoms with Gasteiger partial charge in [-0.3, -0.25) is 0 Å². The van der Waals surface area contributed by atoms with Gasteiger partial charge in [0.15, 0.2) is 6.10 Å². The first kappa shape index (κ1) is 12.5. The molecule has 2 aliphatic rings. The van der Waals surface area contributed by atoms with Gasteiger partial charge in [-0.25, -0.2) is 4.79 Å². The van der Waals surface area contributed by atoms with E-state index in [1.54, 1.807) is 4.90 Å². The van der Waals surface area contributed by atoms with Gasteiger partial charge in [-0.15, -0.1) is 0 Å². The predicted octanol–water partition coefficient (Wildman–Crippen LogP) is 2.36. The summed E-state index contributed by atoms with van der Waals surface area (Å²) >= 11 is 3.34. The maximum absolute atomic E-state index is 11.9. The van der Waals surface area contributed by atoms with E-state index in [1.807, 2.05) is 30.3 Å². The van der Waals surface area contributed by atoms with Gasteiger partial charge in [0, 0.05) is 6.54 Å². The van der Waals surface area contributed by atoms with Crippen LogP contribution >= 0.6 is 15.9 Å². The van der Waals surface area contributed by atoms with E-state index >= 15 is 0 Å². The number of nitrogens with zero attached hydrogens (tertiary/aromatic N) is 2. The van der Waals surface area contributed by atoms with Crippen molar-refractivity contribution in [2.24, 2.45) is 11.1 Å². The van der Waals surface area contributed by atoms with Gasteiger partial charge in [0.2, 0.25) is 0 Å². The first-order valence-electron chi connectivity index (χ1n) is 6.09. The number of likely N-dealkylation sites (tertiary alicyclic amines) is 1. The number of benzene rings is 1. The number of carbonyl (C=O) groups is 1. The maximum atomic E-state index is 11.9. The van der Waals surface area contributed by atoms with E-state index in [2.05, 4.69) is 21.1 Å². The van der Waals surface area contributed by atoms with Crippen LogP contribution in [0.3, 0.4) is 0 Å². The van der Waals surface area contributed by atoms with Gasteiger partial charge >= 0.3 is 6.09 Å². The lowest BCUT2D eigenvalue weighted by molar-refractivity contribution is 0.0664. The van der Waals surface area contributed by atoms with Gasteiger partial charge in [0.1, 0.15) is 11.2 Å². The molecule has 1 amide bonds. The van der Waals surface area contributed by atoms with Crippen molar-refractivity contribution >= 4 is 26.6 Å². The second-order valence-electron chi connectivity index (χ2n) is 4.61. The van der Waals surface area contributed by atoms with Crippen molar-refractivity contribution < 1.29 is 14.4 Å². The molecule has 0 N–H and O–H groups in total. The molecule has 19 heavy (non-hydrogen) atoms. The Kier molecular flexibility index (Phi) is 3.42. The summed E-state index contributed by atoms with van der Waals surface area (Å²) in [6.45, 7) is 1.40. The standard InChI is InChI=1S/C13H13BrN2O3/c14-12-10-6-16(7-11(10)19-15-12)13(17)18-8-9-4-2-1-3-5-9/h1-5,10-11H,6-8H2/t10-,11?/m1/s1. The van der Waals surface area contributed by atoms with E-state index in [9.17, 15) is 4.79 Å². The first-order chi connectivity index (χ1) is 9.24. The second kappa shape index (κ2) is 5.21. The number of amides is 1. The lowest BCUT2D eigenvalue weighted by Gasteiger charge is -2.16. The smallest absolute Gasteiger partial charge is 0.410 e. The third kappa shape index (κ3) is 2.58. The number of halogens is 1. The van der Waals surface area contributed by atoms with Crippen molar-refractivity contribution in [3.63, 3.8) is 0 Å². The van der Waals surface area contributed by atoms with Crippen LogP contribution in [0.4, 0.5) is 4.79 Å². The van der Waals surface area contributed by atoms with E-state index in [0.717, 1.165) is 10.2 Å². The highest BCUT2D eigenvalue weighted by molar-refractivity contribution is 9.18. The Labute approximate surface area is 119 Å². The van der Waals surface area contributed by atoms with Crippen LogP contribution < -0.4 is 0 Å². The molecule has 100 valence electrons. The lowest BCUT2D eigenvalue weighted by Crippen LogP contribution is -2.30. The van der Waals surface area contributed by atoms with Crippen LogP contribution in [-0.2, 0) is 16.2 Å². The molecule has 6 heteroatoms. The highest BCUT2D eigenvalue weighted by Crippen LogP contribution is 2.29. The third-order valence-electron chi connectivity index (χ3n) is 3.31. The predicted molar refractivity (Wildman–Crippen MR) is 72.9 cm³/mol. The Morgan fingerprint density at radius 2 is 2.21 bits per heavy atom. The van der Waals surface area contributed by atoms with Gasteiger partial charge in [-0.1, -0.05) is 35.5 Å². The molecule has 0 bridgehead atoms. The monoisotopic (exact) mass is 324 g/mol. The number of hydrogen-bond acceptors (Lipinski definition) is 4. The molecule has 1 aromatic rings. The summed E-state index contributed by atoms with van der Waals surface area (Å²) < 4.78 is 6.06. The van der Waals surface area contributed by atoms with Crippen molar-refractivity contribution in [3.8, 4) is 0 Å². The van der Waals surface area contributed by atoms with Crippen molar-refractivity contribution in [2.45, 2.75) is 12.7 Å². The van der Waals surface area contributed by atoms with Gasteiger partial charge in [-0.05, 0) is 21.5 Å². The molecule has 0 radical (unpaired) electrons. The largest absolute Gasteiger partial charge is 0.445 e. The minimum absolute atomic E-state index is 0.0429. The molecular formula is C13H13BrN2O3. The first-order valence-corrected chi connectivity index (χ1v) is 6.88. The Morgan fingerprint density at radius 1 is 1.42 bits per heavy atom. The van der Waals surface area contributed by atoms with Crippen molar-refractivity contribution in [2.75, 3.05) is 13.1 Å². The lowest BCUT2D eigenvalue weighted by atomic mass is 10.1. The summed E-state index contributed by atoms with van der Waals surface area (Å²) in [5.74, 6) is 0.143. The van der Waals surface area contributed by atoms with Gasteiger partial charge in [0.25, 0.3) is 0 Å². The average molecular weight is 325 g/mol. The zero-order valence-electron chi connectivity index (χ0n) is 10.2. The van der Waals surface area contributed by atoms with Gasteiger partial charge in [0.05, 0.1) is 12.5 Å². The van der Waals surface area contributed by atoms with Crippen molar-refractivity contribution in [1.29, 1.82) is 0 Å². The zero-order chi connectivity index (χ0) is 13.2. The van der Waals surface area contributed by atoms with Crippen LogP contribution in [0.2, 0.25) is 0 Å². The van der Waals surface area contributed by atoms with Crippen LogP contribution in [0, 0.1) is 5.92 Å². The molecule has 1 aromatic carbocycles. The molecule has 2 heterocycles. The molecule has 1 unspecified atom stereocenters. The molecule has 0 saturated carbocycles. The number of hydrogen-bond donors (Lipinski definition) is 0. The Bertz CT molecular complexity index is 506. The van der Waals surface area contributed by atoms with Gasteiger partial charge < -0.3 is 14.5 Å². The molecular weight excluding hydrogens is 312 g/mol. The highest BCUT2D eigenvalue weighted by atomic mass is 79.9. The SMILES string of the molecule is O=C(OCc1ccccc1)N1CC2ON=C(Br)[C@@H]2C1. The van der Waals surface area contributed by atoms with Crippen LogP contribution in [0.25, 0.3) is 0 Å². The zero-order valence-corrected chi connectivity index (χ0v) is 11.7. The molecule has 1 fully saturated rings. The summed E-state index contributed by atoms with van der Waals surface area (Å²) in [6, 6.07) is 9.63. The number of ether oxygens (including phenoxy) is 1. The third-order valence-corrected chi connectivity index (χ3v) is 4.04. The van der Waals surface area contributed by atoms with E-state index in [-0.39, 0.29) is 18.1 Å². The summed E-state index contributed by atoms with van der Waals surface area (Å²) in [5.41, 5.74) is 0.981. The fraction of sp³-hybridized carbons (Fsp3) is 0.385. The Balaban J connectivity index is 1.53.